The average Bonchev–Trinajstić information content (AvgIpc) is 2.72. The predicted molar refractivity (Wildman–Crippen MR) is 117 cm³/mol. The Morgan fingerprint density at radius 1 is 1.20 bits per heavy atom. The summed E-state index contributed by atoms with van der Waals surface area (Å²) in [7, 11) is 0. The van der Waals surface area contributed by atoms with Crippen molar-refractivity contribution in [2.45, 2.75) is 38.8 Å². The fraction of sp³-hybridized carbons (Fsp3) is 0.500. The van der Waals surface area contributed by atoms with Crippen LogP contribution in [0, 0.1) is 12.8 Å². The lowest BCUT2D eigenvalue weighted by Crippen LogP contribution is -2.51. The Balaban J connectivity index is 1.55. The van der Waals surface area contributed by atoms with Crippen LogP contribution in [-0.2, 0) is 16.1 Å². The fourth-order valence-electron chi connectivity index (χ4n) is 5.06. The van der Waals surface area contributed by atoms with Gasteiger partial charge in [0, 0.05) is 50.5 Å². The molecule has 1 N–H and O–H groups in total. The molecule has 0 saturated carbocycles. The summed E-state index contributed by atoms with van der Waals surface area (Å²) in [6, 6.07) is 14.2. The summed E-state index contributed by atoms with van der Waals surface area (Å²) < 4.78 is 7.15. The quantitative estimate of drug-likeness (QED) is 0.763. The number of likely N-dealkylation sites (tertiary alicyclic amines) is 1. The number of piperidine rings is 1. The monoisotopic (exact) mass is 409 g/mol. The van der Waals surface area contributed by atoms with Crippen molar-refractivity contribution in [2.24, 2.45) is 5.92 Å². The van der Waals surface area contributed by atoms with Gasteiger partial charge in [-0.25, -0.2) is 0 Å². The summed E-state index contributed by atoms with van der Waals surface area (Å²) in [4.78, 5) is 27.4. The molecule has 0 radical (unpaired) electrons. The summed E-state index contributed by atoms with van der Waals surface area (Å²) in [5.74, 6) is 0.545. The van der Waals surface area contributed by atoms with E-state index in [9.17, 15) is 9.59 Å². The second kappa shape index (κ2) is 9.14. The van der Waals surface area contributed by atoms with Crippen molar-refractivity contribution >= 4 is 5.91 Å². The van der Waals surface area contributed by atoms with Gasteiger partial charge in [0.2, 0.25) is 5.91 Å². The van der Waals surface area contributed by atoms with E-state index >= 15 is 0 Å². The Morgan fingerprint density at radius 2 is 2.03 bits per heavy atom. The summed E-state index contributed by atoms with van der Waals surface area (Å²) in [5.41, 5.74) is 3.72. The number of benzene rings is 1. The fourth-order valence-corrected chi connectivity index (χ4v) is 5.06. The van der Waals surface area contributed by atoms with Gasteiger partial charge in [0.1, 0.15) is 6.61 Å². The Bertz CT molecular complexity index is 955. The molecular weight excluding hydrogens is 378 g/mol. The maximum absolute atomic E-state index is 12.7. The van der Waals surface area contributed by atoms with Crippen LogP contribution in [0.3, 0.4) is 0 Å². The molecule has 2 bridgehead atoms. The first-order valence-corrected chi connectivity index (χ1v) is 10.9. The van der Waals surface area contributed by atoms with Crippen LogP contribution in [0.15, 0.2) is 47.3 Å². The van der Waals surface area contributed by atoms with Gasteiger partial charge in [-0.05, 0) is 37.8 Å². The number of nitrogens with zero attached hydrogens (tertiary/aromatic N) is 2. The van der Waals surface area contributed by atoms with Gasteiger partial charge < -0.3 is 14.6 Å². The van der Waals surface area contributed by atoms with Crippen LogP contribution in [0.25, 0.3) is 0 Å². The molecule has 1 aromatic heterocycles. The molecule has 3 atom stereocenters. The summed E-state index contributed by atoms with van der Waals surface area (Å²) in [5, 5.41) is 2.99. The normalized spacial score (nSPS) is 23.1. The van der Waals surface area contributed by atoms with E-state index in [0.29, 0.717) is 25.0 Å². The molecule has 160 valence electrons. The van der Waals surface area contributed by atoms with Gasteiger partial charge in [-0.2, -0.15) is 0 Å². The number of hydrogen-bond acceptors (Lipinski definition) is 4. The third-order valence-corrected chi connectivity index (χ3v) is 6.31. The molecule has 4 rings (SSSR count). The van der Waals surface area contributed by atoms with E-state index in [1.54, 1.807) is 6.07 Å². The number of aryl methyl sites for hydroxylation is 1. The smallest absolute Gasteiger partial charge is 0.251 e. The van der Waals surface area contributed by atoms with E-state index in [2.05, 4.69) is 47.5 Å². The van der Waals surface area contributed by atoms with E-state index in [1.807, 2.05) is 17.6 Å². The molecular formula is C24H31N3O3. The second-order valence-corrected chi connectivity index (χ2v) is 8.54. The molecule has 0 spiro atoms. The zero-order valence-corrected chi connectivity index (χ0v) is 17.8. The number of fused-ring (bicyclic) bond motifs is 4. The van der Waals surface area contributed by atoms with E-state index < -0.39 is 0 Å². The number of carbonyl (C=O) groups excluding carboxylic acids is 1. The Kier molecular flexibility index (Phi) is 6.35. The highest BCUT2D eigenvalue weighted by Gasteiger charge is 2.40. The lowest BCUT2D eigenvalue weighted by molar-refractivity contribution is -0.125. The highest BCUT2D eigenvalue weighted by molar-refractivity contribution is 5.77. The molecule has 2 aromatic rings. The molecule has 1 fully saturated rings. The van der Waals surface area contributed by atoms with Crippen molar-refractivity contribution < 1.29 is 9.53 Å². The highest BCUT2D eigenvalue weighted by atomic mass is 16.5. The average molecular weight is 410 g/mol. The number of pyridine rings is 1. The first-order chi connectivity index (χ1) is 14.5. The number of rotatable bonds is 7. The van der Waals surface area contributed by atoms with Crippen LogP contribution in [0.5, 0.6) is 0 Å². The number of nitrogens with one attached hydrogen (secondary N) is 1. The zero-order valence-electron chi connectivity index (χ0n) is 17.8. The zero-order chi connectivity index (χ0) is 21.1. The number of carbonyl (C=O) groups is 1. The largest absolute Gasteiger partial charge is 0.372 e. The third-order valence-electron chi connectivity index (χ3n) is 6.31. The van der Waals surface area contributed by atoms with Gasteiger partial charge in [-0.1, -0.05) is 35.9 Å². The molecule has 0 aliphatic carbocycles. The molecule has 1 saturated heterocycles. The molecule has 6 heteroatoms. The third kappa shape index (κ3) is 4.50. The van der Waals surface area contributed by atoms with Crippen LogP contribution in [0.2, 0.25) is 0 Å². The van der Waals surface area contributed by atoms with E-state index in [0.717, 1.165) is 31.7 Å². The van der Waals surface area contributed by atoms with Crippen molar-refractivity contribution in [2.75, 3.05) is 32.8 Å². The molecule has 2 aliphatic heterocycles. The minimum absolute atomic E-state index is 0.0263. The Hall–Kier alpha value is -2.44. The maximum atomic E-state index is 12.7. The Morgan fingerprint density at radius 3 is 2.83 bits per heavy atom. The standard InChI is InChI=1S/C24H31N3O3/c1-3-30-16-23(28)25-12-22-20-11-19(21-8-5-9-24(29)27(21)22)14-26(15-20)13-18-7-4-6-17(2)10-18/h4-10,19-20,22H,3,11-16H2,1-2H3,(H,25,28)/t19-,20+,22+/m1/s1. The highest BCUT2D eigenvalue weighted by Crippen LogP contribution is 2.41. The van der Waals surface area contributed by atoms with Crippen LogP contribution in [0.1, 0.15) is 42.1 Å². The number of amides is 1. The summed E-state index contributed by atoms with van der Waals surface area (Å²) in [6.07, 6.45) is 1.06. The van der Waals surface area contributed by atoms with Gasteiger partial charge in [0.15, 0.2) is 0 Å². The second-order valence-electron chi connectivity index (χ2n) is 8.54. The SMILES string of the molecule is CCOCC(=O)NC[C@H]1[C@H]2C[C@H](CN(Cc3cccc(C)c3)C2)c2cccc(=O)n21. The molecule has 0 unspecified atom stereocenters. The predicted octanol–water partition coefficient (Wildman–Crippen LogP) is 2.47. The van der Waals surface area contributed by atoms with Crippen molar-refractivity contribution in [1.29, 1.82) is 0 Å². The molecule has 3 heterocycles. The Labute approximate surface area is 177 Å². The minimum Gasteiger partial charge on any atom is -0.372 e. The lowest BCUT2D eigenvalue weighted by atomic mass is 9.78. The minimum atomic E-state index is -0.128. The summed E-state index contributed by atoms with van der Waals surface area (Å²) in [6.45, 7) is 7.82. The molecule has 2 aliphatic rings. The van der Waals surface area contributed by atoms with Crippen molar-refractivity contribution in [3.8, 4) is 0 Å². The maximum Gasteiger partial charge on any atom is 0.251 e. The van der Waals surface area contributed by atoms with Gasteiger partial charge >= 0.3 is 0 Å². The van der Waals surface area contributed by atoms with E-state index in [1.165, 1.54) is 11.1 Å². The van der Waals surface area contributed by atoms with Crippen molar-refractivity contribution in [3.63, 3.8) is 0 Å². The lowest BCUT2D eigenvalue weighted by Gasteiger charge is -2.47. The van der Waals surface area contributed by atoms with Crippen LogP contribution < -0.4 is 10.9 Å². The molecule has 1 aromatic carbocycles. The number of ether oxygens (including phenoxy) is 1. The first kappa shape index (κ1) is 20.8. The molecule has 1 amide bonds. The van der Waals surface area contributed by atoms with Crippen molar-refractivity contribution in [3.05, 3.63) is 69.6 Å². The summed E-state index contributed by atoms with van der Waals surface area (Å²) >= 11 is 0. The van der Waals surface area contributed by atoms with Gasteiger partial charge in [-0.3, -0.25) is 14.5 Å². The number of aromatic nitrogens is 1. The van der Waals surface area contributed by atoms with Crippen LogP contribution in [-0.4, -0.2) is 48.2 Å². The van der Waals surface area contributed by atoms with Crippen LogP contribution in [0.4, 0.5) is 0 Å². The van der Waals surface area contributed by atoms with Crippen LogP contribution >= 0.6 is 0 Å². The van der Waals surface area contributed by atoms with E-state index in [4.69, 9.17) is 4.74 Å². The van der Waals surface area contributed by atoms with Gasteiger partial charge in [0.25, 0.3) is 5.56 Å². The van der Waals surface area contributed by atoms with Gasteiger partial charge in [0.05, 0.1) is 6.04 Å². The van der Waals surface area contributed by atoms with Crippen molar-refractivity contribution in [1.82, 2.24) is 14.8 Å². The van der Waals surface area contributed by atoms with Gasteiger partial charge in [-0.15, -0.1) is 0 Å². The van der Waals surface area contributed by atoms with E-state index in [-0.39, 0.29) is 24.1 Å². The topological polar surface area (TPSA) is 63.6 Å². The first-order valence-electron chi connectivity index (χ1n) is 10.9. The molecule has 6 nitrogen and oxygen atoms in total. The molecule has 30 heavy (non-hydrogen) atoms. The number of hydrogen-bond donors (Lipinski definition) is 1.